The van der Waals surface area contributed by atoms with Crippen molar-refractivity contribution in [3.8, 4) is 5.75 Å². The summed E-state index contributed by atoms with van der Waals surface area (Å²) in [6.45, 7) is 8.92. The number of ether oxygens (including phenoxy) is 1. The molecule has 0 fully saturated rings. The predicted octanol–water partition coefficient (Wildman–Crippen LogP) is 2.17. The lowest BCUT2D eigenvalue weighted by atomic mass is 10.1. The monoisotopic (exact) mass is 248 g/mol. The molecule has 0 aliphatic carbocycles. The van der Waals surface area contributed by atoms with Gasteiger partial charge in [-0.1, -0.05) is 18.2 Å². The molecule has 1 rings (SSSR count). The van der Waals surface area contributed by atoms with Crippen LogP contribution < -0.4 is 15.4 Å². The van der Waals surface area contributed by atoms with Gasteiger partial charge in [0.2, 0.25) is 0 Å². The Morgan fingerprint density at radius 2 is 2.17 bits per heavy atom. The molecule has 4 nitrogen and oxygen atoms in total. The third-order valence-electron chi connectivity index (χ3n) is 2.40. The fraction of sp³-hybridized carbons (Fsp3) is 0.357. The first-order valence-corrected chi connectivity index (χ1v) is 5.96. The molecule has 0 spiro atoms. The van der Waals surface area contributed by atoms with Gasteiger partial charge in [-0.3, -0.25) is 0 Å². The standard InChI is InChI=1S/C14H20N2O2/c1-4-7-15-14(17)16-8-9-18-13-10-11(2)5-6-12(13)3/h4-6,10H,1,7-9H2,2-3H3,(H2,15,16,17). The smallest absolute Gasteiger partial charge is 0.315 e. The van der Waals surface area contributed by atoms with E-state index in [0.29, 0.717) is 19.7 Å². The number of carbonyl (C=O) groups excluding carboxylic acids is 1. The van der Waals surface area contributed by atoms with Crippen molar-refractivity contribution in [3.63, 3.8) is 0 Å². The minimum atomic E-state index is -0.209. The molecule has 0 atom stereocenters. The fourth-order valence-electron chi connectivity index (χ4n) is 1.42. The largest absolute Gasteiger partial charge is 0.491 e. The van der Waals surface area contributed by atoms with Crippen LogP contribution in [0.5, 0.6) is 5.75 Å². The highest BCUT2D eigenvalue weighted by Gasteiger charge is 2.00. The molecule has 2 amide bonds. The molecule has 0 radical (unpaired) electrons. The summed E-state index contributed by atoms with van der Waals surface area (Å²) in [6, 6.07) is 5.85. The summed E-state index contributed by atoms with van der Waals surface area (Å²) in [4.78, 5) is 11.2. The lowest BCUT2D eigenvalue weighted by molar-refractivity contribution is 0.237. The van der Waals surface area contributed by atoms with Gasteiger partial charge >= 0.3 is 6.03 Å². The SMILES string of the molecule is C=CCNC(=O)NCCOc1cc(C)ccc1C. The van der Waals surface area contributed by atoms with E-state index >= 15 is 0 Å². The maximum atomic E-state index is 11.2. The molecule has 0 aromatic heterocycles. The molecular formula is C14H20N2O2. The van der Waals surface area contributed by atoms with Gasteiger partial charge in [0.1, 0.15) is 12.4 Å². The molecule has 1 aromatic carbocycles. The van der Waals surface area contributed by atoms with Gasteiger partial charge in [-0.25, -0.2) is 4.79 Å². The first kappa shape index (κ1) is 14.1. The number of rotatable bonds is 6. The van der Waals surface area contributed by atoms with Crippen molar-refractivity contribution in [3.05, 3.63) is 42.0 Å². The third kappa shape index (κ3) is 4.91. The molecule has 18 heavy (non-hydrogen) atoms. The maximum Gasteiger partial charge on any atom is 0.315 e. The number of benzene rings is 1. The van der Waals surface area contributed by atoms with Gasteiger partial charge in [0.15, 0.2) is 0 Å². The van der Waals surface area contributed by atoms with Crippen LogP contribution in [0, 0.1) is 13.8 Å². The summed E-state index contributed by atoms with van der Waals surface area (Å²) >= 11 is 0. The predicted molar refractivity (Wildman–Crippen MR) is 73.0 cm³/mol. The summed E-state index contributed by atoms with van der Waals surface area (Å²) in [7, 11) is 0. The molecule has 0 heterocycles. The number of nitrogens with one attached hydrogen (secondary N) is 2. The normalized spacial score (nSPS) is 9.67. The molecular weight excluding hydrogens is 228 g/mol. The van der Waals surface area contributed by atoms with E-state index in [1.807, 2.05) is 32.0 Å². The van der Waals surface area contributed by atoms with Crippen LogP contribution in [-0.4, -0.2) is 25.7 Å². The molecule has 0 aliphatic rings. The van der Waals surface area contributed by atoms with Crippen LogP contribution in [0.4, 0.5) is 4.79 Å². The number of carbonyl (C=O) groups is 1. The molecule has 0 aliphatic heterocycles. The number of urea groups is 1. The van der Waals surface area contributed by atoms with Crippen LogP contribution in [0.1, 0.15) is 11.1 Å². The van der Waals surface area contributed by atoms with Gasteiger partial charge in [0, 0.05) is 6.54 Å². The van der Waals surface area contributed by atoms with Crippen molar-refractivity contribution < 1.29 is 9.53 Å². The minimum Gasteiger partial charge on any atom is -0.491 e. The van der Waals surface area contributed by atoms with Crippen LogP contribution in [-0.2, 0) is 0 Å². The Kier molecular flexibility index (Phi) is 5.77. The zero-order valence-corrected chi connectivity index (χ0v) is 11.0. The van der Waals surface area contributed by atoms with E-state index in [9.17, 15) is 4.79 Å². The Labute approximate surface area is 108 Å². The summed E-state index contributed by atoms with van der Waals surface area (Å²) in [6.07, 6.45) is 1.63. The third-order valence-corrected chi connectivity index (χ3v) is 2.40. The topological polar surface area (TPSA) is 50.4 Å². The Hall–Kier alpha value is -1.97. The number of hydrogen-bond acceptors (Lipinski definition) is 2. The van der Waals surface area contributed by atoms with Gasteiger partial charge in [-0.05, 0) is 31.0 Å². The zero-order chi connectivity index (χ0) is 13.4. The van der Waals surface area contributed by atoms with Crippen molar-refractivity contribution in [2.24, 2.45) is 0 Å². The van der Waals surface area contributed by atoms with E-state index in [1.165, 1.54) is 0 Å². The van der Waals surface area contributed by atoms with E-state index in [2.05, 4.69) is 17.2 Å². The molecule has 1 aromatic rings. The molecule has 98 valence electrons. The van der Waals surface area contributed by atoms with Gasteiger partial charge in [0.25, 0.3) is 0 Å². The second-order valence-electron chi connectivity index (χ2n) is 4.04. The molecule has 0 bridgehead atoms. The summed E-state index contributed by atoms with van der Waals surface area (Å²) in [5.74, 6) is 0.864. The maximum absolute atomic E-state index is 11.2. The van der Waals surface area contributed by atoms with E-state index in [1.54, 1.807) is 6.08 Å². The second kappa shape index (κ2) is 7.37. The molecule has 2 N–H and O–H groups in total. The van der Waals surface area contributed by atoms with E-state index in [0.717, 1.165) is 16.9 Å². The number of hydrogen-bond donors (Lipinski definition) is 2. The summed E-state index contributed by atoms with van der Waals surface area (Å²) < 4.78 is 5.61. The van der Waals surface area contributed by atoms with Gasteiger partial charge in [-0.2, -0.15) is 0 Å². The first-order valence-electron chi connectivity index (χ1n) is 5.96. The second-order valence-corrected chi connectivity index (χ2v) is 4.04. The van der Waals surface area contributed by atoms with Crippen LogP contribution in [0.15, 0.2) is 30.9 Å². The molecule has 4 heteroatoms. The molecule has 0 saturated heterocycles. The van der Waals surface area contributed by atoms with E-state index < -0.39 is 0 Å². The number of amides is 2. The average molecular weight is 248 g/mol. The summed E-state index contributed by atoms with van der Waals surface area (Å²) in [5, 5.41) is 5.33. The molecule has 0 saturated carbocycles. The van der Waals surface area contributed by atoms with E-state index in [-0.39, 0.29) is 6.03 Å². The lowest BCUT2D eigenvalue weighted by Crippen LogP contribution is -2.37. The summed E-state index contributed by atoms with van der Waals surface area (Å²) in [5.41, 5.74) is 2.25. The Morgan fingerprint density at radius 1 is 1.39 bits per heavy atom. The van der Waals surface area contributed by atoms with Crippen LogP contribution in [0.25, 0.3) is 0 Å². The van der Waals surface area contributed by atoms with Gasteiger partial charge in [-0.15, -0.1) is 6.58 Å². The Balaban J connectivity index is 2.27. The fourth-order valence-corrected chi connectivity index (χ4v) is 1.42. The highest BCUT2D eigenvalue weighted by Crippen LogP contribution is 2.18. The Bertz CT molecular complexity index is 416. The van der Waals surface area contributed by atoms with Crippen molar-refractivity contribution in [1.29, 1.82) is 0 Å². The van der Waals surface area contributed by atoms with Gasteiger partial charge < -0.3 is 15.4 Å². The van der Waals surface area contributed by atoms with Crippen molar-refractivity contribution in [2.45, 2.75) is 13.8 Å². The lowest BCUT2D eigenvalue weighted by Gasteiger charge is -2.10. The van der Waals surface area contributed by atoms with E-state index in [4.69, 9.17) is 4.74 Å². The van der Waals surface area contributed by atoms with Crippen molar-refractivity contribution >= 4 is 6.03 Å². The minimum absolute atomic E-state index is 0.209. The zero-order valence-electron chi connectivity index (χ0n) is 11.0. The first-order chi connectivity index (χ1) is 8.63. The highest BCUT2D eigenvalue weighted by molar-refractivity contribution is 5.73. The van der Waals surface area contributed by atoms with Crippen LogP contribution in [0.2, 0.25) is 0 Å². The van der Waals surface area contributed by atoms with Gasteiger partial charge in [0.05, 0.1) is 6.54 Å². The quantitative estimate of drug-likeness (QED) is 0.599. The van der Waals surface area contributed by atoms with Crippen LogP contribution in [0.3, 0.4) is 0 Å². The van der Waals surface area contributed by atoms with Crippen LogP contribution >= 0.6 is 0 Å². The van der Waals surface area contributed by atoms with Crippen molar-refractivity contribution in [1.82, 2.24) is 10.6 Å². The number of aryl methyl sites for hydroxylation is 2. The van der Waals surface area contributed by atoms with Crippen molar-refractivity contribution in [2.75, 3.05) is 19.7 Å². The Morgan fingerprint density at radius 3 is 2.89 bits per heavy atom. The molecule has 0 unspecified atom stereocenters. The highest BCUT2D eigenvalue weighted by atomic mass is 16.5. The average Bonchev–Trinajstić information content (AvgIpc) is 2.36.